The van der Waals surface area contributed by atoms with E-state index in [9.17, 15) is 9.59 Å². The van der Waals surface area contributed by atoms with E-state index < -0.39 is 5.97 Å². The minimum atomic E-state index is -0.433. The van der Waals surface area contributed by atoms with Crippen molar-refractivity contribution >= 4 is 27.8 Å². The predicted octanol–water partition coefficient (Wildman–Crippen LogP) is 2.09. The lowest BCUT2D eigenvalue weighted by atomic mass is 10.2. The lowest BCUT2D eigenvalue weighted by Crippen LogP contribution is -2.33. The Bertz CT molecular complexity index is 476. The van der Waals surface area contributed by atoms with Crippen LogP contribution < -0.4 is 4.74 Å². The number of hydrogen-bond acceptors (Lipinski definition) is 4. The third-order valence-electron chi connectivity index (χ3n) is 2.42. The van der Waals surface area contributed by atoms with Crippen LogP contribution in [0, 0.1) is 0 Å². The highest BCUT2D eigenvalue weighted by Gasteiger charge is 2.18. The molecule has 19 heavy (non-hydrogen) atoms. The normalized spacial score (nSPS) is 9.89. The molecule has 1 amide bonds. The van der Waals surface area contributed by atoms with Gasteiger partial charge in [0.15, 0.2) is 0 Å². The first kappa shape index (κ1) is 15.5. The maximum absolute atomic E-state index is 12.2. The smallest absolute Gasteiger partial charge is 0.325 e. The standard InChI is InChI=1S/C13H16BrNO4/c1-4-19-12(16)8-15(2)13(17)10-7-9(18-3)5-6-11(10)14/h5-7H,4,8H2,1-3H3. The molecule has 0 radical (unpaired) electrons. The summed E-state index contributed by atoms with van der Waals surface area (Å²) >= 11 is 3.31. The van der Waals surface area contributed by atoms with Crippen molar-refractivity contribution in [3.8, 4) is 5.75 Å². The van der Waals surface area contributed by atoms with Crippen molar-refractivity contribution in [2.75, 3.05) is 27.3 Å². The number of ether oxygens (including phenoxy) is 2. The van der Waals surface area contributed by atoms with Crippen LogP contribution >= 0.6 is 15.9 Å². The first-order chi connectivity index (χ1) is 8.99. The van der Waals surface area contributed by atoms with Gasteiger partial charge >= 0.3 is 5.97 Å². The fourth-order valence-corrected chi connectivity index (χ4v) is 1.89. The van der Waals surface area contributed by atoms with Crippen molar-refractivity contribution in [3.05, 3.63) is 28.2 Å². The second-order valence-corrected chi connectivity index (χ2v) is 4.67. The number of rotatable bonds is 5. The van der Waals surface area contributed by atoms with Gasteiger partial charge in [-0.1, -0.05) is 0 Å². The molecule has 1 rings (SSSR count). The molecule has 0 saturated carbocycles. The van der Waals surface area contributed by atoms with E-state index in [0.29, 0.717) is 22.4 Å². The zero-order valence-electron chi connectivity index (χ0n) is 11.1. The third-order valence-corrected chi connectivity index (χ3v) is 3.11. The quantitative estimate of drug-likeness (QED) is 0.776. The van der Waals surface area contributed by atoms with Crippen molar-refractivity contribution in [1.82, 2.24) is 4.90 Å². The summed E-state index contributed by atoms with van der Waals surface area (Å²) in [6, 6.07) is 5.09. The Kier molecular flexibility index (Phi) is 5.82. The summed E-state index contributed by atoms with van der Waals surface area (Å²) < 4.78 is 10.5. The van der Waals surface area contributed by atoms with Gasteiger partial charge in [0.2, 0.25) is 0 Å². The van der Waals surface area contributed by atoms with E-state index in [4.69, 9.17) is 9.47 Å². The molecule has 0 aliphatic rings. The zero-order chi connectivity index (χ0) is 14.4. The van der Waals surface area contributed by atoms with Crippen LogP contribution in [0.2, 0.25) is 0 Å². The zero-order valence-corrected chi connectivity index (χ0v) is 12.7. The van der Waals surface area contributed by atoms with E-state index in [1.807, 2.05) is 0 Å². The number of carbonyl (C=O) groups excluding carboxylic acids is 2. The molecule has 0 saturated heterocycles. The maximum atomic E-state index is 12.2. The van der Waals surface area contributed by atoms with E-state index in [0.717, 1.165) is 0 Å². The van der Waals surface area contributed by atoms with Crippen molar-refractivity contribution in [2.24, 2.45) is 0 Å². The summed E-state index contributed by atoms with van der Waals surface area (Å²) in [4.78, 5) is 24.9. The molecule has 0 bridgehead atoms. The number of benzene rings is 1. The van der Waals surface area contributed by atoms with Crippen LogP contribution in [-0.4, -0.2) is 44.1 Å². The highest BCUT2D eigenvalue weighted by atomic mass is 79.9. The molecule has 0 N–H and O–H groups in total. The first-order valence-corrected chi connectivity index (χ1v) is 6.53. The number of methoxy groups -OCH3 is 1. The summed E-state index contributed by atoms with van der Waals surface area (Å²) in [7, 11) is 3.07. The van der Waals surface area contributed by atoms with Crippen LogP contribution in [0.25, 0.3) is 0 Å². The molecule has 0 atom stereocenters. The summed E-state index contributed by atoms with van der Waals surface area (Å²) in [6.45, 7) is 1.93. The average Bonchev–Trinajstić information content (AvgIpc) is 2.38. The Labute approximate surface area is 120 Å². The lowest BCUT2D eigenvalue weighted by molar-refractivity contribution is -0.143. The minimum absolute atomic E-state index is 0.0870. The monoisotopic (exact) mass is 329 g/mol. The van der Waals surface area contributed by atoms with E-state index in [2.05, 4.69) is 15.9 Å². The number of hydrogen-bond donors (Lipinski definition) is 0. The van der Waals surface area contributed by atoms with Gasteiger partial charge in [-0.15, -0.1) is 0 Å². The summed E-state index contributed by atoms with van der Waals surface area (Å²) in [6.07, 6.45) is 0. The molecule has 0 aromatic heterocycles. The lowest BCUT2D eigenvalue weighted by Gasteiger charge is -2.17. The highest BCUT2D eigenvalue weighted by Crippen LogP contribution is 2.23. The summed E-state index contributed by atoms with van der Waals surface area (Å²) in [5, 5.41) is 0. The van der Waals surface area contributed by atoms with Crippen LogP contribution in [-0.2, 0) is 9.53 Å². The summed E-state index contributed by atoms with van der Waals surface area (Å²) in [5.74, 6) is -0.132. The molecule has 0 aliphatic carbocycles. The number of carbonyl (C=O) groups is 2. The van der Waals surface area contributed by atoms with Gasteiger partial charge in [-0.2, -0.15) is 0 Å². The van der Waals surface area contributed by atoms with Crippen LogP contribution in [0.5, 0.6) is 5.75 Å². The fraction of sp³-hybridized carbons (Fsp3) is 0.385. The second kappa shape index (κ2) is 7.13. The fourth-order valence-electron chi connectivity index (χ4n) is 1.47. The summed E-state index contributed by atoms with van der Waals surface area (Å²) in [5.41, 5.74) is 0.436. The number of halogens is 1. The van der Waals surface area contributed by atoms with Gasteiger partial charge in [0.25, 0.3) is 5.91 Å². The molecule has 0 spiro atoms. The molecule has 1 aromatic carbocycles. The molecule has 5 nitrogen and oxygen atoms in total. The number of esters is 1. The molecule has 104 valence electrons. The van der Waals surface area contributed by atoms with Gasteiger partial charge in [-0.3, -0.25) is 9.59 Å². The van der Waals surface area contributed by atoms with Gasteiger partial charge < -0.3 is 14.4 Å². The van der Waals surface area contributed by atoms with Crippen LogP contribution in [0.4, 0.5) is 0 Å². The first-order valence-electron chi connectivity index (χ1n) is 5.74. The Morgan fingerprint density at radius 1 is 1.37 bits per heavy atom. The molecular weight excluding hydrogens is 314 g/mol. The number of nitrogens with zero attached hydrogens (tertiary/aromatic N) is 1. The number of amides is 1. The Morgan fingerprint density at radius 3 is 2.63 bits per heavy atom. The molecule has 1 aromatic rings. The molecule has 0 heterocycles. The SMILES string of the molecule is CCOC(=O)CN(C)C(=O)c1cc(OC)ccc1Br. The van der Waals surface area contributed by atoms with Crippen molar-refractivity contribution in [3.63, 3.8) is 0 Å². The van der Waals surface area contributed by atoms with Crippen molar-refractivity contribution in [1.29, 1.82) is 0 Å². The predicted molar refractivity (Wildman–Crippen MR) is 74.3 cm³/mol. The molecule has 6 heteroatoms. The molecular formula is C13H16BrNO4. The van der Waals surface area contributed by atoms with Gasteiger partial charge in [0.05, 0.1) is 19.3 Å². The van der Waals surface area contributed by atoms with E-state index in [1.165, 1.54) is 12.0 Å². The van der Waals surface area contributed by atoms with E-state index >= 15 is 0 Å². The van der Waals surface area contributed by atoms with Gasteiger partial charge in [-0.05, 0) is 41.1 Å². The number of likely N-dealkylation sites (N-methyl/N-ethyl adjacent to an activating group) is 1. The largest absolute Gasteiger partial charge is 0.497 e. The van der Waals surface area contributed by atoms with Crippen molar-refractivity contribution in [2.45, 2.75) is 6.92 Å². The van der Waals surface area contributed by atoms with Gasteiger partial charge in [0.1, 0.15) is 12.3 Å². The second-order valence-electron chi connectivity index (χ2n) is 3.81. The minimum Gasteiger partial charge on any atom is -0.497 e. The molecule has 0 aliphatic heterocycles. The van der Waals surface area contributed by atoms with E-state index in [-0.39, 0.29) is 12.5 Å². The third kappa shape index (κ3) is 4.24. The Morgan fingerprint density at radius 2 is 2.05 bits per heavy atom. The Hall–Kier alpha value is -1.56. The molecule has 0 unspecified atom stereocenters. The van der Waals surface area contributed by atoms with Gasteiger partial charge in [0, 0.05) is 11.5 Å². The highest BCUT2D eigenvalue weighted by molar-refractivity contribution is 9.10. The van der Waals surface area contributed by atoms with E-state index in [1.54, 1.807) is 32.2 Å². The van der Waals surface area contributed by atoms with Crippen molar-refractivity contribution < 1.29 is 19.1 Å². The van der Waals surface area contributed by atoms with Gasteiger partial charge in [-0.25, -0.2) is 0 Å². The Balaban J connectivity index is 2.84. The average molecular weight is 330 g/mol. The van der Waals surface area contributed by atoms with Crippen LogP contribution in [0.15, 0.2) is 22.7 Å². The topological polar surface area (TPSA) is 55.8 Å². The molecule has 0 fully saturated rings. The van der Waals surface area contributed by atoms with Crippen LogP contribution in [0.1, 0.15) is 17.3 Å². The van der Waals surface area contributed by atoms with Crippen LogP contribution in [0.3, 0.4) is 0 Å². The maximum Gasteiger partial charge on any atom is 0.325 e.